The highest BCUT2D eigenvalue weighted by Gasteiger charge is 2.28. The molecule has 1 heterocycles. The lowest BCUT2D eigenvalue weighted by atomic mass is 9.95. The van der Waals surface area contributed by atoms with Crippen LogP contribution in [0.15, 0.2) is 51.7 Å². The molecule has 0 saturated heterocycles. The number of nitrogens with one attached hydrogen (secondary N) is 2. The minimum absolute atomic E-state index is 0.0168. The van der Waals surface area contributed by atoms with Gasteiger partial charge in [0.2, 0.25) is 0 Å². The van der Waals surface area contributed by atoms with E-state index in [0.717, 1.165) is 24.3 Å². The van der Waals surface area contributed by atoms with Crippen LogP contribution in [0.3, 0.4) is 0 Å². The molecule has 0 spiro atoms. The third-order valence-electron chi connectivity index (χ3n) is 4.67. The van der Waals surface area contributed by atoms with Crippen molar-refractivity contribution in [3.63, 3.8) is 0 Å². The number of aromatic nitrogens is 1. The van der Waals surface area contributed by atoms with Gasteiger partial charge in [0.15, 0.2) is 6.10 Å². The number of hydrogen-bond donors (Lipinski definition) is 2. The highest BCUT2D eigenvalue weighted by Crippen LogP contribution is 2.36. The smallest absolute Gasteiger partial charge is 0.407 e. The van der Waals surface area contributed by atoms with E-state index in [1.165, 1.54) is 18.2 Å². The fraction of sp³-hybridized carbons (Fsp3) is 0.217. The number of ether oxygens (including phenoxy) is 2. The van der Waals surface area contributed by atoms with Crippen LogP contribution in [0.1, 0.15) is 35.4 Å². The van der Waals surface area contributed by atoms with Gasteiger partial charge >= 0.3 is 6.09 Å². The first-order chi connectivity index (χ1) is 15.7. The van der Waals surface area contributed by atoms with Crippen LogP contribution in [0.5, 0.6) is 5.75 Å². The minimum Gasteiger partial charge on any atom is -0.479 e. The Morgan fingerprint density at radius 3 is 2.52 bits per heavy atom. The van der Waals surface area contributed by atoms with Gasteiger partial charge in [-0.2, -0.15) is 0 Å². The lowest BCUT2D eigenvalue weighted by molar-refractivity contribution is 0.151. The summed E-state index contributed by atoms with van der Waals surface area (Å²) in [4.78, 5) is 26.5. The van der Waals surface area contributed by atoms with Crippen molar-refractivity contribution in [1.82, 2.24) is 10.3 Å². The average molecular weight is 525 g/mol. The minimum atomic E-state index is -1.41. The van der Waals surface area contributed by atoms with Crippen molar-refractivity contribution in [3.05, 3.63) is 97.1 Å². The molecule has 3 rings (SSSR count). The van der Waals surface area contributed by atoms with Gasteiger partial charge in [-0.3, -0.25) is 4.79 Å². The fourth-order valence-corrected chi connectivity index (χ4v) is 3.53. The van der Waals surface area contributed by atoms with E-state index < -0.39 is 40.8 Å². The average Bonchev–Trinajstić information content (AvgIpc) is 2.75. The van der Waals surface area contributed by atoms with Crippen molar-refractivity contribution in [2.24, 2.45) is 0 Å². The molecule has 6 nitrogen and oxygen atoms in total. The molecule has 3 aromatic rings. The molecule has 10 heteroatoms. The predicted octanol–water partition coefficient (Wildman–Crippen LogP) is 5.28. The normalized spacial score (nSPS) is 11.7. The van der Waals surface area contributed by atoms with Gasteiger partial charge < -0.3 is 19.8 Å². The Hall–Kier alpha value is -3.27. The van der Waals surface area contributed by atoms with Gasteiger partial charge in [0.25, 0.3) is 5.56 Å². The molecule has 0 aliphatic heterocycles. The molecule has 0 radical (unpaired) electrons. The Kier molecular flexibility index (Phi) is 7.80. The van der Waals surface area contributed by atoms with Gasteiger partial charge in [0, 0.05) is 23.9 Å². The molecule has 2 aromatic carbocycles. The summed E-state index contributed by atoms with van der Waals surface area (Å²) in [6, 6.07) is 8.34. The van der Waals surface area contributed by atoms with Crippen LogP contribution in [0, 0.1) is 24.4 Å². The molecule has 0 fully saturated rings. The number of aryl methyl sites for hydroxylation is 1. The number of alkyl carbamates (subject to hydrolysis) is 1. The predicted molar refractivity (Wildman–Crippen MR) is 119 cm³/mol. The van der Waals surface area contributed by atoms with Crippen molar-refractivity contribution in [2.45, 2.75) is 26.5 Å². The maximum atomic E-state index is 14.8. The number of halogens is 4. The van der Waals surface area contributed by atoms with Gasteiger partial charge in [0.05, 0.1) is 12.2 Å². The van der Waals surface area contributed by atoms with E-state index in [4.69, 9.17) is 9.47 Å². The highest BCUT2D eigenvalue weighted by atomic mass is 79.9. The van der Waals surface area contributed by atoms with Crippen LogP contribution in [-0.4, -0.2) is 17.7 Å². The molecular weight excluding hydrogens is 505 g/mol. The van der Waals surface area contributed by atoms with Gasteiger partial charge in [0.1, 0.15) is 27.7 Å². The fourth-order valence-electron chi connectivity index (χ4n) is 3.23. The summed E-state index contributed by atoms with van der Waals surface area (Å²) >= 11 is 3.13. The molecular formula is C23H20BrF3N2O4. The van der Waals surface area contributed by atoms with Crippen LogP contribution in [0.4, 0.5) is 18.0 Å². The van der Waals surface area contributed by atoms with E-state index in [-0.39, 0.29) is 34.5 Å². The number of carbonyl (C=O) groups is 1. The Balaban J connectivity index is 2.15. The number of H-pyrrole nitrogens is 1. The molecule has 1 unspecified atom stereocenters. The topological polar surface area (TPSA) is 80.4 Å². The van der Waals surface area contributed by atoms with E-state index in [9.17, 15) is 22.8 Å². The van der Waals surface area contributed by atoms with Crippen LogP contribution in [0.25, 0.3) is 0 Å². The second-order valence-electron chi connectivity index (χ2n) is 7.01. The largest absolute Gasteiger partial charge is 0.479 e. The third kappa shape index (κ3) is 5.75. The van der Waals surface area contributed by atoms with Crippen molar-refractivity contribution < 1.29 is 27.4 Å². The van der Waals surface area contributed by atoms with E-state index in [1.807, 2.05) is 0 Å². The Morgan fingerprint density at radius 2 is 1.85 bits per heavy atom. The summed E-state index contributed by atoms with van der Waals surface area (Å²) in [5, 5.41) is 2.46. The number of aromatic amines is 1. The lowest BCUT2D eigenvalue weighted by Gasteiger charge is -2.24. The number of carbonyl (C=O) groups excluding carboxylic acids is 1. The number of rotatable bonds is 7. The summed E-state index contributed by atoms with van der Waals surface area (Å²) in [5.74, 6) is -2.39. The summed E-state index contributed by atoms with van der Waals surface area (Å²) in [6.07, 6.45) is -2.15. The number of amides is 1. The van der Waals surface area contributed by atoms with Crippen molar-refractivity contribution >= 4 is 22.0 Å². The zero-order valence-corrected chi connectivity index (χ0v) is 19.3. The number of benzene rings is 2. The molecule has 33 heavy (non-hydrogen) atoms. The maximum Gasteiger partial charge on any atom is 0.407 e. The van der Waals surface area contributed by atoms with Gasteiger partial charge in [-0.05, 0) is 59.6 Å². The highest BCUT2D eigenvalue weighted by molar-refractivity contribution is 9.10. The number of pyridine rings is 1. The maximum absolute atomic E-state index is 14.8. The van der Waals surface area contributed by atoms with E-state index in [0.29, 0.717) is 5.69 Å². The quantitative estimate of drug-likeness (QED) is 0.440. The monoisotopic (exact) mass is 524 g/mol. The molecule has 1 atom stereocenters. The zero-order valence-electron chi connectivity index (χ0n) is 17.7. The van der Waals surface area contributed by atoms with Crippen molar-refractivity contribution in [3.8, 4) is 5.75 Å². The molecule has 0 aliphatic carbocycles. The standard InChI is InChI=1S/C23H20BrF3N2O4/c1-3-32-23(31)28-11-13-10-14(25)7-8-15(13)21(19-16(26)5-4-6-17(19)27)33-18-9-12(2)29-22(30)20(18)24/h4-10,21H,3,11H2,1-2H3,(H,28,31)(H,29,30). The second kappa shape index (κ2) is 10.6. The summed E-state index contributed by atoms with van der Waals surface area (Å²) in [7, 11) is 0. The Morgan fingerprint density at radius 1 is 1.15 bits per heavy atom. The van der Waals surface area contributed by atoms with E-state index >= 15 is 0 Å². The van der Waals surface area contributed by atoms with Gasteiger partial charge in [-0.1, -0.05) is 12.1 Å². The van der Waals surface area contributed by atoms with Crippen LogP contribution in [-0.2, 0) is 11.3 Å². The van der Waals surface area contributed by atoms with E-state index in [2.05, 4.69) is 26.2 Å². The van der Waals surface area contributed by atoms with Crippen molar-refractivity contribution in [2.75, 3.05) is 6.61 Å². The molecule has 0 bridgehead atoms. The van der Waals surface area contributed by atoms with Crippen molar-refractivity contribution in [1.29, 1.82) is 0 Å². The first-order valence-electron chi connectivity index (χ1n) is 9.90. The van der Waals surface area contributed by atoms with Gasteiger partial charge in [-0.25, -0.2) is 18.0 Å². The molecule has 1 aromatic heterocycles. The summed E-state index contributed by atoms with van der Waals surface area (Å²) in [5.41, 5.74) is -0.0999. The molecule has 174 valence electrons. The first kappa shape index (κ1) is 24.4. The summed E-state index contributed by atoms with van der Waals surface area (Å²) < 4.78 is 54.5. The Bertz CT molecular complexity index is 1210. The summed E-state index contributed by atoms with van der Waals surface area (Å²) in [6.45, 7) is 3.17. The molecule has 0 aliphatic rings. The van der Waals surface area contributed by atoms with Crippen LogP contribution < -0.4 is 15.6 Å². The molecule has 2 N–H and O–H groups in total. The number of hydrogen-bond acceptors (Lipinski definition) is 4. The Labute approximate surface area is 195 Å². The van der Waals surface area contributed by atoms with Crippen LogP contribution >= 0.6 is 15.9 Å². The van der Waals surface area contributed by atoms with Gasteiger partial charge in [-0.15, -0.1) is 0 Å². The zero-order chi connectivity index (χ0) is 24.1. The van der Waals surface area contributed by atoms with E-state index in [1.54, 1.807) is 13.8 Å². The molecule has 1 amide bonds. The second-order valence-corrected chi connectivity index (χ2v) is 7.80. The third-order valence-corrected chi connectivity index (χ3v) is 5.42. The SMILES string of the molecule is CCOC(=O)NCc1cc(F)ccc1C(Oc1cc(C)[nH]c(=O)c1Br)c1c(F)cccc1F. The van der Waals surface area contributed by atoms with Crippen LogP contribution in [0.2, 0.25) is 0 Å². The molecule has 0 saturated carbocycles. The lowest BCUT2D eigenvalue weighted by Crippen LogP contribution is -2.25. The first-order valence-corrected chi connectivity index (χ1v) is 10.7.